The van der Waals surface area contributed by atoms with E-state index in [4.69, 9.17) is 4.74 Å². The molecule has 1 fully saturated rings. The zero-order valence-corrected chi connectivity index (χ0v) is 12.4. The molecule has 0 radical (unpaired) electrons. The zero-order chi connectivity index (χ0) is 14.8. The van der Waals surface area contributed by atoms with Gasteiger partial charge >= 0.3 is 5.97 Å². The molecular formula is C16H22N2O3. The van der Waals surface area contributed by atoms with E-state index in [0.717, 1.165) is 38.2 Å². The molecule has 1 aromatic rings. The highest BCUT2D eigenvalue weighted by Crippen LogP contribution is 2.37. The van der Waals surface area contributed by atoms with E-state index in [9.17, 15) is 9.90 Å². The molecule has 3 rings (SSSR count). The van der Waals surface area contributed by atoms with Crippen LogP contribution in [-0.4, -0.2) is 55.3 Å². The number of anilines is 1. The maximum Gasteiger partial charge on any atom is 0.339 e. The summed E-state index contributed by atoms with van der Waals surface area (Å²) in [5.41, 5.74) is 1.21. The number of ether oxygens (including phenoxy) is 1. The average molecular weight is 290 g/mol. The number of hydrogen-bond acceptors (Lipinski definition) is 4. The van der Waals surface area contributed by atoms with Crippen LogP contribution in [0.5, 0.6) is 5.75 Å². The van der Waals surface area contributed by atoms with E-state index in [-0.39, 0.29) is 5.56 Å². The first kappa shape index (κ1) is 14.2. The number of carboxylic acids is 1. The van der Waals surface area contributed by atoms with Crippen LogP contribution in [-0.2, 0) is 0 Å². The van der Waals surface area contributed by atoms with Crippen molar-refractivity contribution in [1.29, 1.82) is 0 Å². The van der Waals surface area contributed by atoms with Crippen molar-refractivity contribution >= 4 is 11.7 Å². The Morgan fingerprint density at radius 2 is 2.14 bits per heavy atom. The lowest BCUT2D eigenvalue weighted by atomic mass is 10.0. The third kappa shape index (κ3) is 2.83. The van der Waals surface area contributed by atoms with Gasteiger partial charge in [-0.2, -0.15) is 0 Å². The van der Waals surface area contributed by atoms with Crippen LogP contribution in [0.2, 0.25) is 0 Å². The largest absolute Gasteiger partial charge is 0.489 e. The van der Waals surface area contributed by atoms with Crippen LogP contribution in [0.3, 0.4) is 0 Å². The number of benzene rings is 1. The van der Waals surface area contributed by atoms with Crippen molar-refractivity contribution in [3.05, 3.63) is 23.8 Å². The van der Waals surface area contributed by atoms with Gasteiger partial charge in [-0.3, -0.25) is 0 Å². The summed E-state index contributed by atoms with van der Waals surface area (Å²) in [5, 5.41) is 9.31. The quantitative estimate of drug-likeness (QED) is 0.903. The predicted molar refractivity (Wildman–Crippen MR) is 81.4 cm³/mol. The monoisotopic (exact) mass is 290 g/mol. The molecular weight excluding hydrogens is 268 g/mol. The number of likely N-dealkylation sites (tertiary alicyclic amines) is 1. The number of rotatable bonds is 2. The van der Waals surface area contributed by atoms with Gasteiger partial charge in [0.05, 0.1) is 12.2 Å². The summed E-state index contributed by atoms with van der Waals surface area (Å²) in [6.45, 7) is 3.63. The van der Waals surface area contributed by atoms with Gasteiger partial charge in [0.25, 0.3) is 0 Å². The maximum absolute atomic E-state index is 11.3. The van der Waals surface area contributed by atoms with Gasteiger partial charge < -0.3 is 19.6 Å². The number of carbonyl (C=O) groups is 1. The van der Waals surface area contributed by atoms with Gasteiger partial charge in [-0.15, -0.1) is 0 Å². The van der Waals surface area contributed by atoms with E-state index in [0.29, 0.717) is 18.4 Å². The highest BCUT2D eigenvalue weighted by molar-refractivity contribution is 5.93. The summed E-state index contributed by atoms with van der Waals surface area (Å²) in [7, 11) is 2.16. The molecule has 114 valence electrons. The van der Waals surface area contributed by atoms with E-state index >= 15 is 0 Å². The fourth-order valence-electron chi connectivity index (χ4n) is 3.35. The van der Waals surface area contributed by atoms with Crippen molar-refractivity contribution in [1.82, 2.24) is 4.90 Å². The van der Waals surface area contributed by atoms with Gasteiger partial charge in [-0.1, -0.05) is 6.07 Å². The number of para-hydroxylation sites is 1. The third-order valence-electron chi connectivity index (χ3n) is 4.47. The summed E-state index contributed by atoms with van der Waals surface area (Å²) in [5.74, 6) is -0.386. The SMILES string of the molecule is CN1CCCC(N2CCOc3c(C(=O)O)cccc32)CC1. The molecule has 1 N–H and O–H groups in total. The maximum atomic E-state index is 11.3. The molecule has 2 aliphatic rings. The van der Waals surface area contributed by atoms with E-state index in [1.807, 2.05) is 12.1 Å². The predicted octanol–water partition coefficient (Wildman–Crippen LogP) is 2.07. The Hall–Kier alpha value is -1.75. The molecule has 1 unspecified atom stereocenters. The van der Waals surface area contributed by atoms with Gasteiger partial charge in [0.1, 0.15) is 12.2 Å². The molecule has 0 bridgehead atoms. The van der Waals surface area contributed by atoms with Crippen LogP contribution in [0.15, 0.2) is 18.2 Å². The highest BCUT2D eigenvalue weighted by Gasteiger charge is 2.29. The molecule has 0 aromatic heterocycles. The van der Waals surface area contributed by atoms with E-state index in [1.165, 1.54) is 6.42 Å². The Morgan fingerprint density at radius 1 is 1.29 bits per heavy atom. The average Bonchev–Trinajstić information content (AvgIpc) is 2.70. The molecule has 5 nitrogen and oxygen atoms in total. The van der Waals surface area contributed by atoms with Crippen molar-refractivity contribution in [3.8, 4) is 5.75 Å². The Balaban J connectivity index is 1.90. The number of hydrogen-bond donors (Lipinski definition) is 1. The second kappa shape index (κ2) is 5.93. The molecule has 5 heteroatoms. The lowest BCUT2D eigenvalue weighted by Crippen LogP contribution is -2.42. The Morgan fingerprint density at radius 3 is 2.95 bits per heavy atom. The van der Waals surface area contributed by atoms with Gasteiger partial charge in [0.2, 0.25) is 0 Å². The molecule has 1 aromatic carbocycles. The normalized spacial score (nSPS) is 23.1. The van der Waals surface area contributed by atoms with E-state index in [1.54, 1.807) is 6.07 Å². The van der Waals surface area contributed by atoms with E-state index < -0.39 is 5.97 Å². The summed E-state index contributed by atoms with van der Waals surface area (Å²) in [6, 6.07) is 5.88. The smallest absolute Gasteiger partial charge is 0.339 e. The number of nitrogens with zero attached hydrogens (tertiary/aromatic N) is 2. The molecule has 1 saturated heterocycles. The zero-order valence-electron chi connectivity index (χ0n) is 12.4. The summed E-state index contributed by atoms with van der Waals surface area (Å²) < 4.78 is 5.66. The van der Waals surface area contributed by atoms with Crippen LogP contribution < -0.4 is 9.64 Å². The summed E-state index contributed by atoms with van der Waals surface area (Å²) >= 11 is 0. The van der Waals surface area contributed by atoms with E-state index in [2.05, 4.69) is 16.8 Å². The Kier molecular flexibility index (Phi) is 4.01. The van der Waals surface area contributed by atoms with Gasteiger partial charge in [0, 0.05) is 6.04 Å². The summed E-state index contributed by atoms with van der Waals surface area (Å²) in [4.78, 5) is 16.1. The van der Waals surface area contributed by atoms with Crippen molar-refractivity contribution in [2.75, 3.05) is 38.2 Å². The minimum atomic E-state index is -0.922. The second-order valence-electron chi connectivity index (χ2n) is 5.89. The lowest BCUT2D eigenvalue weighted by molar-refractivity contribution is 0.0692. The Bertz CT molecular complexity index is 532. The lowest BCUT2D eigenvalue weighted by Gasteiger charge is -2.37. The minimum Gasteiger partial charge on any atom is -0.489 e. The standard InChI is InChI=1S/C16H22N2O3/c1-17-8-3-4-12(7-9-17)18-10-11-21-15-13(16(19)20)5-2-6-14(15)18/h2,5-6,12H,3-4,7-11H2,1H3,(H,19,20). The number of carboxylic acid groups (broad SMARTS) is 1. The van der Waals surface area contributed by atoms with Crippen molar-refractivity contribution < 1.29 is 14.6 Å². The molecule has 0 spiro atoms. The van der Waals surface area contributed by atoms with Gasteiger partial charge in [0.15, 0.2) is 5.75 Å². The first-order chi connectivity index (χ1) is 10.2. The van der Waals surface area contributed by atoms with Crippen molar-refractivity contribution in [2.24, 2.45) is 0 Å². The van der Waals surface area contributed by atoms with Gasteiger partial charge in [-0.25, -0.2) is 4.79 Å². The van der Waals surface area contributed by atoms with Crippen molar-refractivity contribution in [3.63, 3.8) is 0 Å². The van der Waals surface area contributed by atoms with Gasteiger partial charge in [-0.05, 0) is 51.5 Å². The fraction of sp³-hybridized carbons (Fsp3) is 0.562. The van der Waals surface area contributed by atoms with Crippen LogP contribution in [0.4, 0.5) is 5.69 Å². The van der Waals surface area contributed by atoms with Crippen molar-refractivity contribution in [2.45, 2.75) is 25.3 Å². The Labute approximate surface area is 125 Å². The molecule has 0 amide bonds. The van der Waals surface area contributed by atoms with Crippen LogP contribution in [0.25, 0.3) is 0 Å². The third-order valence-corrected chi connectivity index (χ3v) is 4.47. The van der Waals surface area contributed by atoms with Crippen LogP contribution in [0, 0.1) is 0 Å². The number of aromatic carboxylic acids is 1. The molecule has 1 atom stereocenters. The molecule has 2 heterocycles. The minimum absolute atomic E-state index is 0.267. The van der Waals surface area contributed by atoms with Crippen LogP contribution in [0.1, 0.15) is 29.6 Å². The molecule has 2 aliphatic heterocycles. The highest BCUT2D eigenvalue weighted by atomic mass is 16.5. The molecule has 0 aliphatic carbocycles. The number of fused-ring (bicyclic) bond motifs is 1. The topological polar surface area (TPSA) is 53.0 Å². The molecule has 0 saturated carbocycles. The second-order valence-corrected chi connectivity index (χ2v) is 5.89. The fourth-order valence-corrected chi connectivity index (χ4v) is 3.35. The van der Waals surface area contributed by atoms with Crippen LogP contribution >= 0.6 is 0 Å². The molecule has 21 heavy (non-hydrogen) atoms. The first-order valence-electron chi connectivity index (χ1n) is 7.61. The first-order valence-corrected chi connectivity index (χ1v) is 7.61. The summed E-state index contributed by atoms with van der Waals surface area (Å²) in [6.07, 6.45) is 3.46.